The van der Waals surface area contributed by atoms with E-state index in [1.165, 1.54) is 115 Å². The highest BCUT2D eigenvalue weighted by atomic mass is 16.3. The van der Waals surface area contributed by atoms with Crippen molar-refractivity contribution in [2.45, 2.75) is 56.8 Å². The second-order valence-corrected chi connectivity index (χ2v) is 19.2. The Kier molecular flexibility index (Phi) is 8.86. The molecule has 1 aromatic heterocycles. The van der Waals surface area contributed by atoms with Crippen molar-refractivity contribution in [2.75, 3.05) is 9.80 Å². The van der Waals surface area contributed by atoms with Crippen LogP contribution in [0, 0.1) is 0 Å². The highest BCUT2D eigenvalue weighted by molar-refractivity contribution is 6.18. The van der Waals surface area contributed by atoms with Gasteiger partial charge in [0.2, 0.25) is 0 Å². The Bertz CT molecular complexity index is 3730. The minimum Gasteiger partial charge on any atom is -0.454 e. The lowest BCUT2D eigenvalue weighted by molar-refractivity contribution is 0.442. The van der Waals surface area contributed by atoms with Crippen LogP contribution in [0.15, 0.2) is 211 Å². The molecule has 2 heterocycles. The fraction of sp³-hybridized carbons (Fsp3) is 0.138. The van der Waals surface area contributed by atoms with Gasteiger partial charge in [-0.05, 0) is 134 Å². The van der Waals surface area contributed by atoms with E-state index in [9.17, 15) is 0 Å². The van der Waals surface area contributed by atoms with Gasteiger partial charge in [0.25, 0.3) is 0 Å². The van der Waals surface area contributed by atoms with Gasteiger partial charge >= 0.3 is 0 Å². The summed E-state index contributed by atoms with van der Waals surface area (Å²) >= 11 is 0. The second kappa shape index (κ2) is 15.3. The number of hydrogen-bond donors (Lipinski definition) is 0. The molecule has 0 unspecified atom stereocenters. The van der Waals surface area contributed by atoms with Crippen LogP contribution in [-0.4, -0.2) is 0 Å². The van der Waals surface area contributed by atoms with Gasteiger partial charge < -0.3 is 14.2 Å². The third-order valence-corrected chi connectivity index (χ3v) is 15.8. The minimum absolute atomic E-state index is 0.516. The number of benzene rings is 10. The predicted molar refractivity (Wildman–Crippen MR) is 284 cm³/mol. The number of para-hydroxylation sites is 5. The highest BCUT2D eigenvalue weighted by Crippen LogP contribution is 2.66. The van der Waals surface area contributed by atoms with Crippen LogP contribution in [0.1, 0.15) is 78.3 Å². The van der Waals surface area contributed by atoms with Gasteiger partial charge in [0, 0.05) is 27.5 Å². The zero-order valence-corrected chi connectivity index (χ0v) is 38.3. The van der Waals surface area contributed by atoms with E-state index in [1.54, 1.807) is 0 Å². The molecule has 3 nitrogen and oxygen atoms in total. The molecule has 0 bridgehead atoms. The van der Waals surface area contributed by atoms with Crippen molar-refractivity contribution in [2.24, 2.45) is 0 Å². The SMILES string of the molecule is CCc1ccc(N(c2cc3c(c4ccccc24)-c2c(ccc4ccccc24)C32c3ccccc3N(c3ccccc3)c3ccccc32)c2cccc3c2oc2c(C4CCCCC4)cccc23)cc1. The Morgan fingerprint density at radius 3 is 1.85 bits per heavy atom. The molecule has 3 aliphatic rings. The molecule has 10 aromatic carbocycles. The molecule has 0 N–H and O–H groups in total. The van der Waals surface area contributed by atoms with Gasteiger partial charge in [0.15, 0.2) is 5.58 Å². The largest absolute Gasteiger partial charge is 0.454 e. The van der Waals surface area contributed by atoms with E-state index in [2.05, 4.69) is 223 Å². The number of aryl methyl sites for hydroxylation is 1. The van der Waals surface area contributed by atoms with Crippen LogP contribution in [0.25, 0.3) is 54.6 Å². The fourth-order valence-electron chi connectivity index (χ4n) is 12.8. The van der Waals surface area contributed by atoms with E-state index >= 15 is 0 Å². The van der Waals surface area contributed by atoms with Crippen molar-refractivity contribution in [3.05, 3.63) is 240 Å². The number of rotatable bonds is 6. The van der Waals surface area contributed by atoms with Crippen molar-refractivity contribution in [3.8, 4) is 11.1 Å². The van der Waals surface area contributed by atoms with Crippen LogP contribution in [0.4, 0.5) is 34.1 Å². The first-order valence-corrected chi connectivity index (χ1v) is 24.7. The molecular formula is C65H50N2O. The summed E-state index contributed by atoms with van der Waals surface area (Å²) in [4.78, 5) is 4.99. The first-order chi connectivity index (χ1) is 33.7. The van der Waals surface area contributed by atoms with Crippen LogP contribution in [0.2, 0.25) is 0 Å². The van der Waals surface area contributed by atoms with E-state index in [0.717, 1.165) is 45.7 Å². The highest BCUT2D eigenvalue weighted by Gasteiger charge is 2.53. The third-order valence-electron chi connectivity index (χ3n) is 15.8. The maximum atomic E-state index is 7.35. The minimum atomic E-state index is -0.663. The summed E-state index contributed by atoms with van der Waals surface area (Å²) in [6.07, 6.45) is 7.28. The van der Waals surface area contributed by atoms with E-state index in [0.29, 0.717) is 5.92 Å². The summed E-state index contributed by atoms with van der Waals surface area (Å²) in [7, 11) is 0. The van der Waals surface area contributed by atoms with Gasteiger partial charge in [-0.2, -0.15) is 0 Å². The molecule has 326 valence electrons. The molecule has 0 amide bonds. The maximum absolute atomic E-state index is 7.35. The van der Waals surface area contributed by atoms with Crippen molar-refractivity contribution in [1.29, 1.82) is 0 Å². The number of hydrogen-bond acceptors (Lipinski definition) is 3. The second-order valence-electron chi connectivity index (χ2n) is 19.2. The Hall–Kier alpha value is -7.88. The predicted octanol–water partition coefficient (Wildman–Crippen LogP) is 18.1. The van der Waals surface area contributed by atoms with E-state index in [1.807, 2.05) is 0 Å². The van der Waals surface area contributed by atoms with Crippen molar-refractivity contribution in [1.82, 2.24) is 0 Å². The maximum Gasteiger partial charge on any atom is 0.159 e. The summed E-state index contributed by atoms with van der Waals surface area (Å²) in [6.45, 7) is 2.24. The lowest BCUT2D eigenvalue weighted by Gasteiger charge is -2.45. The number of furan rings is 1. The van der Waals surface area contributed by atoms with E-state index in [4.69, 9.17) is 4.42 Å². The number of fused-ring (bicyclic) bond motifs is 16. The number of nitrogens with zero attached hydrogens (tertiary/aromatic N) is 2. The molecule has 0 saturated heterocycles. The molecule has 14 rings (SSSR count). The molecule has 1 fully saturated rings. The molecule has 0 radical (unpaired) electrons. The lowest BCUT2D eigenvalue weighted by Crippen LogP contribution is -2.36. The molecule has 1 aliphatic heterocycles. The van der Waals surface area contributed by atoms with Crippen LogP contribution in [0.5, 0.6) is 0 Å². The molecule has 11 aromatic rings. The van der Waals surface area contributed by atoms with Gasteiger partial charge in [-0.15, -0.1) is 0 Å². The third kappa shape index (κ3) is 5.53. The fourth-order valence-corrected chi connectivity index (χ4v) is 12.8. The average molecular weight is 875 g/mol. The first-order valence-electron chi connectivity index (χ1n) is 24.7. The Balaban J connectivity index is 1.12. The summed E-state index contributed by atoms with van der Waals surface area (Å²) < 4.78 is 7.35. The molecule has 1 spiro atoms. The van der Waals surface area contributed by atoms with Gasteiger partial charge in [-0.3, -0.25) is 0 Å². The Morgan fingerprint density at radius 2 is 1.10 bits per heavy atom. The van der Waals surface area contributed by atoms with Crippen LogP contribution < -0.4 is 9.80 Å². The van der Waals surface area contributed by atoms with Gasteiger partial charge in [-0.25, -0.2) is 0 Å². The summed E-state index contributed by atoms with van der Waals surface area (Å²) in [5, 5.41) is 7.30. The zero-order chi connectivity index (χ0) is 44.9. The van der Waals surface area contributed by atoms with Crippen LogP contribution >= 0.6 is 0 Å². The monoisotopic (exact) mass is 874 g/mol. The van der Waals surface area contributed by atoms with Gasteiger partial charge in [0.1, 0.15) is 5.58 Å². The topological polar surface area (TPSA) is 19.6 Å². The summed E-state index contributed by atoms with van der Waals surface area (Å²) in [5.74, 6) is 0.516. The van der Waals surface area contributed by atoms with Crippen molar-refractivity contribution >= 4 is 77.6 Å². The summed E-state index contributed by atoms with van der Waals surface area (Å²) in [5.41, 5.74) is 18.5. The molecule has 2 aliphatic carbocycles. The summed E-state index contributed by atoms with van der Waals surface area (Å²) in [6, 6.07) is 77.6. The van der Waals surface area contributed by atoms with Gasteiger partial charge in [0.05, 0.1) is 28.2 Å². The number of anilines is 6. The molecule has 3 heteroatoms. The average Bonchev–Trinajstić information content (AvgIpc) is 3.94. The first kappa shape index (κ1) is 39.3. The lowest BCUT2D eigenvalue weighted by atomic mass is 9.64. The van der Waals surface area contributed by atoms with Gasteiger partial charge in [-0.1, -0.05) is 184 Å². The standard InChI is InChI=1S/C65H50N2O/c1-2-42-35-38-46(39-36-42)67(59-34-18-29-52-51-28-17-27-48(63(51)68-64(52)59)43-19-5-3-6-20-43)60-41-56-62(50-26-12-11-25-49(50)60)61-47-24-10-9-21-44(47)37-40-55(61)65(56)53-30-13-15-32-57(53)66(45-22-7-4-8-23-45)58-33-16-14-31-54(58)65/h4,7-18,21-41,43H,2-3,5-6,19-20H2,1H3. The zero-order valence-electron chi connectivity index (χ0n) is 38.3. The molecule has 68 heavy (non-hydrogen) atoms. The smallest absolute Gasteiger partial charge is 0.159 e. The van der Waals surface area contributed by atoms with Crippen molar-refractivity contribution < 1.29 is 4.42 Å². The molecular weight excluding hydrogens is 825 g/mol. The van der Waals surface area contributed by atoms with E-state index in [-0.39, 0.29) is 0 Å². The molecule has 1 saturated carbocycles. The van der Waals surface area contributed by atoms with Crippen LogP contribution in [0.3, 0.4) is 0 Å². The molecule has 0 atom stereocenters. The normalized spacial score (nSPS) is 14.9. The van der Waals surface area contributed by atoms with Crippen LogP contribution in [-0.2, 0) is 11.8 Å². The Labute approximate surface area is 397 Å². The van der Waals surface area contributed by atoms with Crippen molar-refractivity contribution in [3.63, 3.8) is 0 Å². The Morgan fingerprint density at radius 1 is 0.485 bits per heavy atom. The van der Waals surface area contributed by atoms with E-state index < -0.39 is 5.41 Å². The quantitative estimate of drug-likeness (QED) is 0.166.